The molecule has 440 valence electrons. The molecule has 0 aromatic heterocycles. The van der Waals surface area contributed by atoms with Gasteiger partial charge in [-0.3, -0.25) is 33.7 Å². The topological polar surface area (TPSA) is 191 Å². The zero-order valence-electron chi connectivity index (χ0n) is 48.2. The maximum atomic E-state index is 13.7. The van der Waals surface area contributed by atoms with Crippen LogP contribution in [0.25, 0.3) is 0 Å². The Bertz CT molecular complexity index is 1490. The zero-order valence-corrected chi connectivity index (χ0v) is 48.2. The van der Waals surface area contributed by atoms with E-state index in [9.17, 15) is 33.6 Å². The van der Waals surface area contributed by atoms with Gasteiger partial charge in [0.1, 0.15) is 12.7 Å². The average molecular weight is 1080 g/mol. The molecular formula is C60H106N2O14. The number of ether oxygens (including phenoxy) is 7. The van der Waals surface area contributed by atoms with Gasteiger partial charge in [0.2, 0.25) is 0 Å². The van der Waals surface area contributed by atoms with Crippen LogP contribution in [-0.4, -0.2) is 130 Å². The maximum Gasteiger partial charge on any atom is 0.410 e. The number of esters is 6. The summed E-state index contributed by atoms with van der Waals surface area (Å²) in [5.74, 6) is -4.01. The molecule has 76 heavy (non-hydrogen) atoms. The number of hydrogen-bond acceptors (Lipinski definition) is 15. The maximum absolute atomic E-state index is 13.7. The van der Waals surface area contributed by atoms with Gasteiger partial charge >= 0.3 is 41.9 Å². The van der Waals surface area contributed by atoms with Crippen LogP contribution in [0.4, 0.5) is 4.79 Å². The first-order chi connectivity index (χ1) is 37.0. The molecule has 2 saturated heterocycles. The van der Waals surface area contributed by atoms with Crippen molar-refractivity contribution in [3.8, 4) is 0 Å². The van der Waals surface area contributed by atoms with Crippen molar-refractivity contribution in [1.82, 2.24) is 9.80 Å². The van der Waals surface area contributed by atoms with Crippen molar-refractivity contribution < 1.29 is 66.7 Å². The molecule has 0 N–H and O–H groups in total. The minimum absolute atomic E-state index is 0.00416. The van der Waals surface area contributed by atoms with E-state index in [2.05, 4.69) is 32.6 Å². The van der Waals surface area contributed by atoms with E-state index < -0.39 is 42.0 Å². The molecule has 0 unspecified atom stereocenters. The lowest BCUT2D eigenvalue weighted by molar-refractivity contribution is -0.157. The third-order valence-corrected chi connectivity index (χ3v) is 14.4. The largest absolute Gasteiger partial charge is 0.465 e. The van der Waals surface area contributed by atoms with Gasteiger partial charge in [0.05, 0.1) is 58.5 Å². The highest BCUT2D eigenvalue weighted by Crippen LogP contribution is 2.25. The predicted molar refractivity (Wildman–Crippen MR) is 294 cm³/mol. The molecule has 2 aliphatic rings. The standard InChI is InChI=1S/C60H106N2O14/c1-5-9-13-17-21-26-33-54(63)71-45-50(46-72-55(64)34-27-22-18-14-10-6-2)41-58(67)75-49-52-43-53(44-62(52)60(69)70-40-32-39-61-37-30-25-31-38-61)76-59(68)42-51(47-73-56(65)35-28-23-19-15-11-7-3)48-74-57(66)36-29-24-20-16-12-8-4/h50-53H,5-49H2,1-4H3/t52-,53-/m0/s1. The highest BCUT2D eigenvalue weighted by molar-refractivity contribution is 5.73. The Morgan fingerprint density at radius 1 is 0.421 bits per heavy atom. The van der Waals surface area contributed by atoms with Crippen LogP contribution < -0.4 is 0 Å². The van der Waals surface area contributed by atoms with Crippen molar-refractivity contribution in [1.29, 1.82) is 0 Å². The molecule has 0 saturated carbocycles. The Hall–Kier alpha value is -3.95. The second-order valence-corrected chi connectivity index (χ2v) is 21.7. The number of piperidine rings is 1. The smallest absolute Gasteiger partial charge is 0.410 e. The lowest BCUT2D eigenvalue weighted by Crippen LogP contribution is -2.40. The minimum atomic E-state index is -0.770. The monoisotopic (exact) mass is 1080 g/mol. The first-order valence-electron chi connectivity index (χ1n) is 30.6. The molecular weight excluding hydrogens is 973 g/mol. The Balaban J connectivity index is 2.12. The van der Waals surface area contributed by atoms with Gasteiger partial charge in [0.25, 0.3) is 0 Å². The van der Waals surface area contributed by atoms with Gasteiger partial charge in [0.15, 0.2) is 0 Å². The minimum Gasteiger partial charge on any atom is -0.465 e. The molecule has 0 aromatic carbocycles. The molecule has 0 aliphatic carbocycles. The van der Waals surface area contributed by atoms with E-state index in [1.807, 2.05) is 0 Å². The van der Waals surface area contributed by atoms with E-state index in [0.717, 1.165) is 161 Å². The van der Waals surface area contributed by atoms with Gasteiger partial charge in [-0.15, -0.1) is 0 Å². The number of hydrogen-bond donors (Lipinski definition) is 0. The van der Waals surface area contributed by atoms with Crippen molar-refractivity contribution in [2.45, 2.75) is 265 Å². The van der Waals surface area contributed by atoms with Crippen LogP contribution in [0.2, 0.25) is 0 Å². The van der Waals surface area contributed by atoms with Gasteiger partial charge in [0, 0.05) is 50.5 Å². The second-order valence-electron chi connectivity index (χ2n) is 21.7. The summed E-state index contributed by atoms with van der Waals surface area (Å²) in [6, 6.07) is -0.693. The van der Waals surface area contributed by atoms with Crippen LogP contribution in [0.1, 0.15) is 252 Å². The van der Waals surface area contributed by atoms with Crippen LogP contribution in [0.15, 0.2) is 0 Å². The lowest BCUT2D eigenvalue weighted by atomic mass is 10.1. The summed E-state index contributed by atoms with van der Waals surface area (Å²) in [7, 11) is 0. The summed E-state index contributed by atoms with van der Waals surface area (Å²) in [6.07, 6.45) is 28.1. The fourth-order valence-electron chi connectivity index (χ4n) is 9.67. The van der Waals surface area contributed by atoms with Crippen LogP contribution in [-0.2, 0) is 61.9 Å². The number of likely N-dealkylation sites (tertiary alicyclic amines) is 2. The number of carbonyl (C=O) groups excluding carboxylic acids is 7. The van der Waals surface area contributed by atoms with Crippen LogP contribution in [0, 0.1) is 11.8 Å². The van der Waals surface area contributed by atoms with Crippen molar-refractivity contribution in [2.75, 3.05) is 65.8 Å². The average Bonchev–Trinajstić information content (AvgIpc) is 3.82. The van der Waals surface area contributed by atoms with E-state index >= 15 is 0 Å². The molecule has 16 heteroatoms. The highest BCUT2D eigenvalue weighted by Gasteiger charge is 2.39. The van der Waals surface area contributed by atoms with Crippen molar-refractivity contribution >= 4 is 41.9 Å². The summed E-state index contributed by atoms with van der Waals surface area (Å²) >= 11 is 0. The van der Waals surface area contributed by atoms with Gasteiger partial charge in [-0.1, -0.05) is 163 Å². The molecule has 0 aromatic rings. The van der Waals surface area contributed by atoms with Crippen molar-refractivity contribution in [2.24, 2.45) is 11.8 Å². The van der Waals surface area contributed by atoms with Crippen LogP contribution >= 0.6 is 0 Å². The molecule has 0 radical (unpaired) electrons. The fourth-order valence-corrected chi connectivity index (χ4v) is 9.67. The predicted octanol–water partition coefficient (Wildman–Crippen LogP) is 12.7. The number of amides is 1. The molecule has 0 bridgehead atoms. The molecule has 2 rings (SSSR count). The third kappa shape index (κ3) is 36.2. The second kappa shape index (κ2) is 46.0. The van der Waals surface area contributed by atoms with Crippen molar-refractivity contribution in [3.63, 3.8) is 0 Å². The molecule has 0 spiro atoms. The Kier molecular flexibility index (Phi) is 41.3. The normalized spacial score (nSPS) is 15.7. The Morgan fingerprint density at radius 3 is 1.21 bits per heavy atom. The Labute approximate surface area is 459 Å². The summed E-state index contributed by atoms with van der Waals surface area (Å²) in [4.78, 5) is 95.7. The zero-order chi connectivity index (χ0) is 55.3. The Morgan fingerprint density at radius 2 is 0.803 bits per heavy atom. The van der Waals surface area contributed by atoms with E-state index in [1.54, 1.807) is 0 Å². The van der Waals surface area contributed by atoms with E-state index in [-0.39, 0.29) is 115 Å². The molecule has 1 amide bonds. The molecule has 16 nitrogen and oxygen atoms in total. The molecule has 2 fully saturated rings. The van der Waals surface area contributed by atoms with Gasteiger partial charge in [-0.05, 0) is 58.0 Å². The van der Waals surface area contributed by atoms with E-state index in [1.165, 1.54) is 11.3 Å². The fraction of sp³-hybridized carbons (Fsp3) is 0.883. The first kappa shape index (κ1) is 68.2. The van der Waals surface area contributed by atoms with Gasteiger partial charge < -0.3 is 38.1 Å². The van der Waals surface area contributed by atoms with Crippen LogP contribution in [0.3, 0.4) is 0 Å². The lowest BCUT2D eigenvalue weighted by Gasteiger charge is -2.27. The third-order valence-electron chi connectivity index (χ3n) is 14.4. The summed E-state index contributed by atoms with van der Waals surface area (Å²) < 4.78 is 39.9. The number of rotatable bonds is 47. The van der Waals surface area contributed by atoms with E-state index in [4.69, 9.17) is 33.2 Å². The van der Waals surface area contributed by atoms with E-state index in [0.29, 0.717) is 32.1 Å². The number of nitrogens with zero attached hydrogens (tertiary/aromatic N) is 2. The number of unbranched alkanes of at least 4 members (excludes halogenated alkanes) is 20. The van der Waals surface area contributed by atoms with Crippen LogP contribution in [0.5, 0.6) is 0 Å². The summed E-state index contributed by atoms with van der Waals surface area (Å²) in [5.41, 5.74) is 0. The van der Waals surface area contributed by atoms with Crippen molar-refractivity contribution in [3.05, 3.63) is 0 Å². The molecule has 2 aliphatic heterocycles. The van der Waals surface area contributed by atoms with Gasteiger partial charge in [-0.2, -0.15) is 0 Å². The molecule has 2 heterocycles. The quantitative estimate of drug-likeness (QED) is 0.0317. The highest BCUT2D eigenvalue weighted by atomic mass is 16.6. The first-order valence-corrected chi connectivity index (χ1v) is 30.6. The SMILES string of the molecule is CCCCCCCCC(=O)OCC(COC(=O)CCCCCCCC)CC(=O)OC[C@@H]1C[C@H](OC(=O)CC(COC(=O)CCCCCCCC)COC(=O)CCCCCCCC)CN1C(=O)OCCCN1CCCCC1. The molecule has 2 atom stereocenters. The summed E-state index contributed by atoms with van der Waals surface area (Å²) in [6.45, 7) is 11.0. The number of carbonyl (C=O) groups is 7. The summed E-state index contributed by atoms with van der Waals surface area (Å²) in [5, 5.41) is 0. The van der Waals surface area contributed by atoms with Gasteiger partial charge in [-0.25, -0.2) is 4.79 Å².